The van der Waals surface area contributed by atoms with Crippen LogP contribution in [0, 0.1) is 5.41 Å². The minimum Gasteiger partial charge on any atom is -0.456 e. The molecule has 0 saturated carbocycles. The number of rotatable bonds is 4. The van der Waals surface area contributed by atoms with Gasteiger partial charge in [-0.3, -0.25) is 4.79 Å². The number of hydrogen-bond acceptors (Lipinski definition) is 7. The van der Waals surface area contributed by atoms with Crippen molar-refractivity contribution >= 4 is 11.9 Å². The van der Waals surface area contributed by atoms with Crippen LogP contribution in [0.5, 0.6) is 0 Å². The van der Waals surface area contributed by atoms with Crippen LogP contribution >= 0.6 is 0 Å². The maximum absolute atomic E-state index is 12.3. The Balaban J connectivity index is 2.17. The van der Waals surface area contributed by atoms with E-state index in [1.54, 1.807) is 58.0 Å². The number of aliphatic hydroxyl groups is 1. The van der Waals surface area contributed by atoms with Crippen molar-refractivity contribution in [3.8, 4) is 0 Å². The molecule has 7 heteroatoms. The maximum atomic E-state index is 12.3. The highest BCUT2D eigenvalue weighted by Crippen LogP contribution is 2.29. The fraction of sp³-hybridized carbons (Fsp3) is 0.579. The number of methoxy groups -OCH3 is 1. The Hall–Kier alpha value is -1.96. The monoisotopic (exact) mass is 366 g/mol. The van der Waals surface area contributed by atoms with Gasteiger partial charge in [-0.05, 0) is 39.8 Å². The third-order valence-electron chi connectivity index (χ3n) is 4.09. The maximum Gasteiger partial charge on any atom is 0.338 e. The van der Waals surface area contributed by atoms with Crippen LogP contribution in [0.2, 0.25) is 0 Å². The van der Waals surface area contributed by atoms with E-state index in [1.165, 1.54) is 7.11 Å². The number of esters is 2. The van der Waals surface area contributed by atoms with E-state index in [-0.39, 0.29) is 0 Å². The SMILES string of the molecule is CO[C@@H]1O[C@@H](C)[C@H](OC(=O)C(C)(C)C)[C@@H](O)[C@H]1OC(=O)c1ccccc1. The minimum atomic E-state index is -1.29. The molecule has 7 nitrogen and oxygen atoms in total. The van der Waals surface area contributed by atoms with E-state index < -0.39 is 48.1 Å². The van der Waals surface area contributed by atoms with Crippen molar-refractivity contribution in [1.29, 1.82) is 0 Å². The van der Waals surface area contributed by atoms with Crippen molar-refractivity contribution in [3.63, 3.8) is 0 Å². The summed E-state index contributed by atoms with van der Waals surface area (Å²) in [6.45, 7) is 6.79. The molecule has 5 atom stereocenters. The van der Waals surface area contributed by atoms with Gasteiger partial charge in [-0.1, -0.05) is 18.2 Å². The topological polar surface area (TPSA) is 91.3 Å². The molecule has 0 aliphatic carbocycles. The van der Waals surface area contributed by atoms with E-state index in [1.807, 2.05) is 0 Å². The van der Waals surface area contributed by atoms with Crippen LogP contribution in [0.1, 0.15) is 38.1 Å². The second-order valence-electron chi connectivity index (χ2n) is 7.29. The van der Waals surface area contributed by atoms with Crippen molar-refractivity contribution in [2.75, 3.05) is 7.11 Å². The molecule has 1 fully saturated rings. The van der Waals surface area contributed by atoms with E-state index in [0.29, 0.717) is 5.56 Å². The van der Waals surface area contributed by atoms with Gasteiger partial charge in [-0.15, -0.1) is 0 Å². The summed E-state index contributed by atoms with van der Waals surface area (Å²) in [6, 6.07) is 8.37. The first kappa shape index (κ1) is 20.4. The normalized spacial score (nSPS) is 29.1. The van der Waals surface area contributed by atoms with E-state index in [4.69, 9.17) is 18.9 Å². The smallest absolute Gasteiger partial charge is 0.338 e. The first-order chi connectivity index (χ1) is 12.1. The van der Waals surface area contributed by atoms with Crippen molar-refractivity contribution < 1.29 is 33.6 Å². The summed E-state index contributed by atoms with van der Waals surface area (Å²) in [7, 11) is 1.38. The number of benzene rings is 1. The fourth-order valence-electron chi connectivity index (χ4n) is 2.54. The molecule has 1 heterocycles. The Kier molecular flexibility index (Phi) is 6.39. The first-order valence-electron chi connectivity index (χ1n) is 8.48. The molecule has 0 amide bonds. The Morgan fingerprint density at radius 3 is 2.23 bits per heavy atom. The molecule has 144 valence electrons. The van der Waals surface area contributed by atoms with Crippen molar-refractivity contribution in [1.82, 2.24) is 0 Å². The Labute approximate surface area is 153 Å². The predicted octanol–water partition coefficient (Wildman–Crippen LogP) is 1.92. The van der Waals surface area contributed by atoms with Gasteiger partial charge < -0.3 is 24.1 Å². The first-order valence-corrected chi connectivity index (χ1v) is 8.48. The highest BCUT2D eigenvalue weighted by atomic mass is 16.7. The van der Waals surface area contributed by atoms with Gasteiger partial charge in [-0.25, -0.2) is 4.79 Å². The van der Waals surface area contributed by atoms with Gasteiger partial charge in [-0.2, -0.15) is 0 Å². The minimum absolute atomic E-state index is 0.330. The van der Waals surface area contributed by atoms with Crippen molar-refractivity contribution in [2.45, 2.75) is 58.4 Å². The lowest BCUT2D eigenvalue weighted by atomic mass is 9.95. The third kappa shape index (κ3) is 4.60. The summed E-state index contributed by atoms with van der Waals surface area (Å²) < 4.78 is 21.7. The van der Waals surface area contributed by atoms with Gasteiger partial charge in [0, 0.05) is 7.11 Å². The summed E-state index contributed by atoms with van der Waals surface area (Å²) in [5.41, 5.74) is -0.412. The summed E-state index contributed by atoms with van der Waals surface area (Å²) >= 11 is 0. The Morgan fingerprint density at radius 2 is 1.69 bits per heavy atom. The van der Waals surface area contributed by atoms with Crippen molar-refractivity contribution in [2.24, 2.45) is 5.41 Å². The van der Waals surface area contributed by atoms with Gasteiger partial charge in [0.1, 0.15) is 6.10 Å². The van der Waals surface area contributed by atoms with E-state index in [2.05, 4.69) is 0 Å². The molecule has 2 rings (SSSR count). The van der Waals surface area contributed by atoms with Crippen LogP contribution in [-0.4, -0.2) is 54.9 Å². The molecule has 1 aromatic carbocycles. The molecule has 0 bridgehead atoms. The molecule has 26 heavy (non-hydrogen) atoms. The lowest BCUT2D eigenvalue weighted by molar-refractivity contribution is -0.289. The Bertz CT molecular complexity index is 623. The van der Waals surface area contributed by atoms with E-state index in [9.17, 15) is 14.7 Å². The Morgan fingerprint density at radius 1 is 1.08 bits per heavy atom. The molecule has 0 unspecified atom stereocenters. The zero-order chi connectivity index (χ0) is 19.5. The van der Waals surface area contributed by atoms with Crippen LogP contribution in [0.4, 0.5) is 0 Å². The highest BCUT2D eigenvalue weighted by molar-refractivity contribution is 5.89. The molecule has 0 spiro atoms. The quantitative estimate of drug-likeness (QED) is 0.814. The molecule has 1 saturated heterocycles. The summed E-state index contributed by atoms with van der Waals surface area (Å²) in [5, 5.41) is 10.7. The number of aliphatic hydroxyl groups excluding tert-OH is 1. The molecule has 0 aromatic heterocycles. The number of ether oxygens (including phenoxy) is 4. The molecule has 1 aromatic rings. The largest absolute Gasteiger partial charge is 0.456 e. The second-order valence-corrected chi connectivity index (χ2v) is 7.29. The lowest BCUT2D eigenvalue weighted by Gasteiger charge is -2.42. The fourth-order valence-corrected chi connectivity index (χ4v) is 2.54. The molecule has 1 aliphatic heterocycles. The average molecular weight is 366 g/mol. The van der Waals surface area contributed by atoms with Crippen LogP contribution in [0.25, 0.3) is 0 Å². The second kappa shape index (κ2) is 8.16. The van der Waals surface area contributed by atoms with E-state index in [0.717, 1.165) is 0 Å². The van der Waals surface area contributed by atoms with Crippen LogP contribution in [-0.2, 0) is 23.7 Å². The van der Waals surface area contributed by atoms with Gasteiger partial charge in [0.05, 0.1) is 17.1 Å². The van der Waals surface area contributed by atoms with Crippen LogP contribution in [0.3, 0.4) is 0 Å². The highest BCUT2D eigenvalue weighted by Gasteiger charge is 2.48. The van der Waals surface area contributed by atoms with E-state index >= 15 is 0 Å². The molecular weight excluding hydrogens is 340 g/mol. The van der Waals surface area contributed by atoms with Gasteiger partial charge in [0.2, 0.25) is 0 Å². The zero-order valence-electron chi connectivity index (χ0n) is 15.7. The molecule has 1 N–H and O–H groups in total. The van der Waals surface area contributed by atoms with Crippen LogP contribution in [0.15, 0.2) is 30.3 Å². The average Bonchev–Trinajstić information content (AvgIpc) is 2.60. The number of hydrogen-bond donors (Lipinski definition) is 1. The summed E-state index contributed by atoms with van der Waals surface area (Å²) in [5.74, 6) is -1.11. The summed E-state index contributed by atoms with van der Waals surface area (Å²) in [6.07, 6.45) is -5.02. The zero-order valence-corrected chi connectivity index (χ0v) is 15.7. The van der Waals surface area contributed by atoms with Gasteiger partial charge >= 0.3 is 11.9 Å². The molecule has 1 aliphatic rings. The number of carbonyl (C=O) groups is 2. The van der Waals surface area contributed by atoms with Gasteiger partial charge in [0.25, 0.3) is 0 Å². The van der Waals surface area contributed by atoms with Crippen LogP contribution < -0.4 is 0 Å². The third-order valence-corrected chi connectivity index (χ3v) is 4.09. The lowest BCUT2D eigenvalue weighted by Crippen LogP contribution is -2.60. The predicted molar refractivity (Wildman–Crippen MR) is 92.3 cm³/mol. The standard InChI is InChI=1S/C19H26O7/c1-11-14(26-18(22)19(2,3)4)13(20)15(17(23-5)24-11)25-16(21)12-9-7-6-8-10-12/h6-11,13-15,17,20H,1-5H3/t11-,13+,14-,15+,17+/m0/s1. The molecule has 0 radical (unpaired) electrons. The number of carbonyl (C=O) groups excluding carboxylic acids is 2. The summed E-state index contributed by atoms with van der Waals surface area (Å²) in [4.78, 5) is 24.5. The van der Waals surface area contributed by atoms with Gasteiger partial charge in [0.15, 0.2) is 18.5 Å². The van der Waals surface area contributed by atoms with Crippen molar-refractivity contribution in [3.05, 3.63) is 35.9 Å². The molecular formula is C19H26O7.